The molecule has 1 rings (SSSR count). The summed E-state index contributed by atoms with van der Waals surface area (Å²) in [5.74, 6) is 1.01. The van der Waals surface area contributed by atoms with Gasteiger partial charge in [0.15, 0.2) is 0 Å². The van der Waals surface area contributed by atoms with Crippen LogP contribution in [0.2, 0.25) is 0 Å². The van der Waals surface area contributed by atoms with Crippen molar-refractivity contribution in [3.63, 3.8) is 0 Å². The molecule has 1 aliphatic heterocycles. The Balaban J connectivity index is 2.45. The van der Waals surface area contributed by atoms with E-state index in [1.807, 2.05) is 24.8 Å². The van der Waals surface area contributed by atoms with Crippen LogP contribution in [-0.2, 0) is 9.53 Å². The zero-order chi connectivity index (χ0) is 14.3. The van der Waals surface area contributed by atoms with E-state index in [2.05, 4.69) is 16.8 Å². The fourth-order valence-corrected chi connectivity index (χ4v) is 2.09. The van der Waals surface area contributed by atoms with Crippen molar-refractivity contribution >= 4 is 12.1 Å². The second-order valence-corrected chi connectivity index (χ2v) is 4.58. The summed E-state index contributed by atoms with van der Waals surface area (Å²) in [5, 5.41) is 0. The van der Waals surface area contributed by atoms with E-state index < -0.39 is 0 Å². The molecule has 108 valence electrons. The number of carbonyl (C=O) groups is 1. The molecule has 0 aliphatic carbocycles. The maximum atomic E-state index is 11.6. The predicted octanol–water partition coefficient (Wildman–Crippen LogP) is 1.51. The van der Waals surface area contributed by atoms with Gasteiger partial charge in [0.2, 0.25) is 5.91 Å². The van der Waals surface area contributed by atoms with E-state index >= 15 is 0 Å². The number of methoxy groups -OCH3 is 1. The van der Waals surface area contributed by atoms with E-state index in [0.717, 1.165) is 31.9 Å². The number of allylic oxidation sites excluding steroid dienone is 2. The predicted molar refractivity (Wildman–Crippen MR) is 77.2 cm³/mol. The number of ether oxygens (including phenoxy) is 1. The lowest BCUT2D eigenvalue weighted by atomic mass is 10.2. The minimum atomic E-state index is 0.115. The number of aliphatic imine (C=N–C) groups is 1. The Hall–Kier alpha value is -1.36. The second-order valence-electron chi connectivity index (χ2n) is 4.58. The van der Waals surface area contributed by atoms with Gasteiger partial charge >= 0.3 is 0 Å². The number of hydrogen-bond acceptors (Lipinski definition) is 4. The van der Waals surface area contributed by atoms with Crippen molar-refractivity contribution in [3.8, 4) is 0 Å². The van der Waals surface area contributed by atoms with Crippen LogP contribution in [0.15, 0.2) is 16.8 Å². The molecule has 1 atom stereocenters. The van der Waals surface area contributed by atoms with Gasteiger partial charge < -0.3 is 9.64 Å². The SMILES string of the molecule is C/C=C(\C=N/C(C)N1CCN(C(=O)CC)CC1)OC. The van der Waals surface area contributed by atoms with Gasteiger partial charge in [0.1, 0.15) is 5.76 Å². The van der Waals surface area contributed by atoms with E-state index in [9.17, 15) is 4.79 Å². The van der Waals surface area contributed by atoms with Crippen LogP contribution in [0.25, 0.3) is 0 Å². The van der Waals surface area contributed by atoms with E-state index in [1.54, 1.807) is 13.3 Å². The summed E-state index contributed by atoms with van der Waals surface area (Å²) in [7, 11) is 1.64. The number of amides is 1. The Labute approximate surface area is 115 Å². The Morgan fingerprint density at radius 2 is 2.00 bits per heavy atom. The van der Waals surface area contributed by atoms with Crippen LogP contribution in [0.1, 0.15) is 27.2 Å². The third kappa shape index (κ3) is 4.67. The minimum Gasteiger partial charge on any atom is -0.496 e. The van der Waals surface area contributed by atoms with Crippen molar-refractivity contribution in [2.24, 2.45) is 4.99 Å². The van der Waals surface area contributed by atoms with Crippen LogP contribution in [0.3, 0.4) is 0 Å². The molecule has 0 saturated carbocycles. The van der Waals surface area contributed by atoms with Crippen molar-refractivity contribution in [2.45, 2.75) is 33.4 Å². The molecule has 1 unspecified atom stereocenters. The number of nitrogens with zero attached hydrogens (tertiary/aromatic N) is 3. The summed E-state index contributed by atoms with van der Waals surface area (Å²) in [6.07, 6.45) is 4.35. The Bertz CT molecular complexity index is 345. The maximum absolute atomic E-state index is 11.6. The molecule has 0 aromatic heterocycles. The first-order chi connectivity index (χ1) is 9.12. The van der Waals surface area contributed by atoms with Crippen LogP contribution in [-0.4, -0.2) is 61.4 Å². The monoisotopic (exact) mass is 267 g/mol. The molecule has 0 aromatic carbocycles. The lowest BCUT2D eigenvalue weighted by Crippen LogP contribution is -2.50. The number of rotatable bonds is 5. The van der Waals surface area contributed by atoms with Gasteiger partial charge in [0.25, 0.3) is 0 Å². The van der Waals surface area contributed by atoms with Gasteiger partial charge in [-0.2, -0.15) is 0 Å². The summed E-state index contributed by atoms with van der Waals surface area (Å²) in [4.78, 5) is 20.3. The average molecular weight is 267 g/mol. The molecule has 0 bridgehead atoms. The highest BCUT2D eigenvalue weighted by Gasteiger charge is 2.22. The summed E-state index contributed by atoms with van der Waals surface area (Å²) < 4.78 is 5.14. The van der Waals surface area contributed by atoms with Crippen LogP contribution in [0, 0.1) is 0 Å². The fraction of sp³-hybridized carbons (Fsp3) is 0.714. The first-order valence-corrected chi connectivity index (χ1v) is 6.87. The Kier molecular flexibility index (Phi) is 6.56. The third-order valence-electron chi connectivity index (χ3n) is 3.44. The summed E-state index contributed by atoms with van der Waals surface area (Å²) in [5.41, 5.74) is 0. The van der Waals surface area contributed by atoms with Gasteiger partial charge in [0.05, 0.1) is 19.5 Å². The van der Waals surface area contributed by atoms with Crippen molar-refractivity contribution in [2.75, 3.05) is 33.3 Å². The molecule has 1 amide bonds. The molecule has 1 fully saturated rings. The van der Waals surface area contributed by atoms with Crippen molar-refractivity contribution < 1.29 is 9.53 Å². The molecule has 5 heteroatoms. The van der Waals surface area contributed by atoms with E-state index in [-0.39, 0.29) is 12.1 Å². The average Bonchev–Trinajstić information content (AvgIpc) is 2.47. The largest absolute Gasteiger partial charge is 0.496 e. The van der Waals surface area contributed by atoms with E-state index in [4.69, 9.17) is 4.74 Å². The first kappa shape index (κ1) is 15.7. The van der Waals surface area contributed by atoms with Crippen molar-refractivity contribution in [1.29, 1.82) is 0 Å². The van der Waals surface area contributed by atoms with Crippen molar-refractivity contribution in [1.82, 2.24) is 9.80 Å². The van der Waals surface area contributed by atoms with E-state index in [1.165, 1.54) is 0 Å². The van der Waals surface area contributed by atoms with Gasteiger partial charge in [0, 0.05) is 32.6 Å². The highest BCUT2D eigenvalue weighted by Crippen LogP contribution is 2.08. The summed E-state index contributed by atoms with van der Waals surface area (Å²) in [6, 6.07) is 0. The van der Waals surface area contributed by atoms with Crippen LogP contribution < -0.4 is 0 Å². The third-order valence-corrected chi connectivity index (χ3v) is 3.44. The molecular weight excluding hydrogens is 242 g/mol. The summed E-state index contributed by atoms with van der Waals surface area (Å²) >= 11 is 0. The topological polar surface area (TPSA) is 45.1 Å². The molecule has 0 aromatic rings. The molecule has 1 saturated heterocycles. The molecule has 0 spiro atoms. The smallest absolute Gasteiger partial charge is 0.222 e. The molecule has 0 N–H and O–H groups in total. The lowest BCUT2D eigenvalue weighted by Gasteiger charge is -2.36. The first-order valence-electron chi connectivity index (χ1n) is 6.87. The van der Waals surface area contributed by atoms with Crippen LogP contribution in [0.5, 0.6) is 0 Å². The molecule has 0 radical (unpaired) electrons. The Morgan fingerprint density at radius 1 is 1.37 bits per heavy atom. The second kappa shape index (κ2) is 7.94. The molecular formula is C14H25N3O2. The molecule has 1 aliphatic rings. The standard InChI is InChI=1S/C14H25N3O2/c1-5-13(19-4)11-15-12(3)16-7-9-17(10-8-16)14(18)6-2/h5,11-12H,6-10H2,1-4H3/b13-5+,15-11-. The number of hydrogen-bond donors (Lipinski definition) is 0. The van der Waals surface area contributed by atoms with Gasteiger partial charge in [-0.25, -0.2) is 0 Å². The molecule has 19 heavy (non-hydrogen) atoms. The van der Waals surface area contributed by atoms with Crippen LogP contribution >= 0.6 is 0 Å². The maximum Gasteiger partial charge on any atom is 0.222 e. The fourth-order valence-electron chi connectivity index (χ4n) is 2.09. The Morgan fingerprint density at radius 3 is 2.47 bits per heavy atom. The number of carbonyl (C=O) groups excluding carboxylic acids is 1. The zero-order valence-corrected chi connectivity index (χ0v) is 12.4. The lowest BCUT2D eigenvalue weighted by molar-refractivity contribution is -0.132. The molecule has 1 heterocycles. The minimum absolute atomic E-state index is 0.115. The van der Waals surface area contributed by atoms with Gasteiger partial charge in [-0.3, -0.25) is 14.7 Å². The zero-order valence-electron chi connectivity index (χ0n) is 12.4. The summed E-state index contributed by atoms with van der Waals surface area (Å²) in [6.45, 7) is 9.25. The highest BCUT2D eigenvalue weighted by molar-refractivity contribution is 5.76. The van der Waals surface area contributed by atoms with Gasteiger partial charge in [-0.15, -0.1) is 0 Å². The number of piperazine rings is 1. The molecule has 5 nitrogen and oxygen atoms in total. The quantitative estimate of drug-likeness (QED) is 0.560. The van der Waals surface area contributed by atoms with Gasteiger partial charge in [-0.1, -0.05) is 6.92 Å². The van der Waals surface area contributed by atoms with Gasteiger partial charge in [-0.05, 0) is 19.9 Å². The normalized spacial score (nSPS) is 19.8. The highest BCUT2D eigenvalue weighted by atomic mass is 16.5. The van der Waals surface area contributed by atoms with Crippen molar-refractivity contribution in [3.05, 3.63) is 11.8 Å². The van der Waals surface area contributed by atoms with Crippen LogP contribution in [0.4, 0.5) is 0 Å². The van der Waals surface area contributed by atoms with E-state index in [0.29, 0.717) is 6.42 Å².